The van der Waals surface area contributed by atoms with E-state index < -0.39 is 28.9 Å². The van der Waals surface area contributed by atoms with Gasteiger partial charge in [-0.25, -0.2) is 13.2 Å². The van der Waals surface area contributed by atoms with Crippen molar-refractivity contribution < 1.29 is 18.0 Å². The Labute approximate surface area is 102 Å². The molecule has 2 rings (SSSR count). The van der Waals surface area contributed by atoms with Crippen LogP contribution in [-0.4, -0.2) is 30.4 Å². The van der Waals surface area contributed by atoms with Gasteiger partial charge in [-0.1, -0.05) is 0 Å². The maximum Gasteiger partial charge on any atom is 0.259 e. The van der Waals surface area contributed by atoms with Gasteiger partial charge in [0.2, 0.25) is 0 Å². The van der Waals surface area contributed by atoms with Crippen LogP contribution in [0.1, 0.15) is 16.8 Å². The molecule has 1 aromatic carbocycles. The quantitative estimate of drug-likeness (QED) is 0.874. The third-order valence-corrected chi connectivity index (χ3v) is 3.13. The molecule has 2 N–H and O–H groups in total. The number of amides is 1. The molecular weight excluding hydrogens is 245 g/mol. The van der Waals surface area contributed by atoms with E-state index in [-0.39, 0.29) is 5.92 Å². The minimum absolute atomic E-state index is 0.153. The molecule has 98 valence electrons. The van der Waals surface area contributed by atoms with E-state index in [0.29, 0.717) is 38.2 Å². The molecule has 1 amide bonds. The zero-order chi connectivity index (χ0) is 13.3. The normalized spacial score (nSPS) is 19.3. The molecule has 1 unspecified atom stereocenters. The number of nitrogens with two attached hydrogens (primary N) is 1. The highest BCUT2D eigenvalue weighted by molar-refractivity contribution is 5.95. The van der Waals surface area contributed by atoms with Crippen LogP contribution >= 0.6 is 0 Å². The maximum absolute atomic E-state index is 13.4. The zero-order valence-electron chi connectivity index (χ0n) is 9.63. The summed E-state index contributed by atoms with van der Waals surface area (Å²) in [5.41, 5.74) is 4.78. The number of hydrogen-bond donors (Lipinski definition) is 1. The first-order valence-corrected chi connectivity index (χ1v) is 5.66. The molecule has 0 saturated carbocycles. The van der Waals surface area contributed by atoms with Crippen LogP contribution in [0.15, 0.2) is 12.1 Å². The molecule has 3 nitrogen and oxygen atoms in total. The first kappa shape index (κ1) is 12.9. The van der Waals surface area contributed by atoms with Crippen molar-refractivity contribution in [1.29, 1.82) is 0 Å². The van der Waals surface area contributed by atoms with Gasteiger partial charge in [0.15, 0.2) is 0 Å². The van der Waals surface area contributed by atoms with Crippen LogP contribution in [0.4, 0.5) is 13.2 Å². The Balaban J connectivity index is 2.25. The first-order chi connectivity index (χ1) is 8.52. The van der Waals surface area contributed by atoms with Crippen LogP contribution in [0, 0.1) is 23.4 Å². The van der Waals surface area contributed by atoms with Gasteiger partial charge < -0.3 is 10.6 Å². The van der Waals surface area contributed by atoms with E-state index in [1.807, 2.05) is 0 Å². The summed E-state index contributed by atoms with van der Waals surface area (Å²) in [5, 5.41) is 0. The Bertz CT molecular complexity index is 455. The summed E-state index contributed by atoms with van der Waals surface area (Å²) < 4.78 is 39.6. The Morgan fingerprint density at radius 2 is 1.94 bits per heavy atom. The molecule has 1 aromatic rings. The molecule has 18 heavy (non-hydrogen) atoms. The van der Waals surface area contributed by atoms with Crippen LogP contribution in [0.25, 0.3) is 0 Å². The van der Waals surface area contributed by atoms with E-state index in [1.54, 1.807) is 0 Å². The van der Waals surface area contributed by atoms with Crippen LogP contribution in [-0.2, 0) is 0 Å². The topological polar surface area (TPSA) is 46.3 Å². The number of likely N-dealkylation sites (tertiary alicyclic amines) is 1. The summed E-state index contributed by atoms with van der Waals surface area (Å²) in [5.74, 6) is -3.98. The highest BCUT2D eigenvalue weighted by Gasteiger charge is 2.29. The van der Waals surface area contributed by atoms with Crippen molar-refractivity contribution in [3.05, 3.63) is 35.1 Å². The number of carbonyl (C=O) groups excluding carboxylic acids is 1. The van der Waals surface area contributed by atoms with Crippen molar-refractivity contribution in [1.82, 2.24) is 4.90 Å². The highest BCUT2D eigenvalue weighted by Crippen LogP contribution is 2.21. The SMILES string of the molecule is NCC1CCN(C(=O)c2c(F)cc(F)cc2F)C1. The molecule has 1 fully saturated rings. The van der Waals surface area contributed by atoms with Crippen molar-refractivity contribution in [2.45, 2.75) is 6.42 Å². The zero-order valence-corrected chi connectivity index (χ0v) is 9.63. The van der Waals surface area contributed by atoms with Crippen molar-refractivity contribution in [2.75, 3.05) is 19.6 Å². The number of hydrogen-bond acceptors (Lipinski definition) is 2. The third kappa shape index (κ3) is 2.33. The Morgan fingerprint density at radius 3 is 2.44 bits per heavy atom. The molecule has 0 bridgehead atoms. The third-order valence-electron chi connectivity index (χ3n) is 3.13. The average Bonchev–Trinajstić information content (AvgIpc) is 2.75. The standard InChI is InChI=1S/C12H13F3N2O/c13-8-3-9(14)11(10(15)4-8)12(18)17-2-1-7(5-16)6-17/h3-4,7H,1-2,5-6,16H2. The number of benzene rings is 1. The molecule has 1 aliphatic heterocycles. The summed E-state index contributed by atoms with van der Waals surface area (Å²) in [6.45, 7) is 1.22. The minimum Gasteiger partial charge on any atom is -0.338 e. The lowest BCUT2D eigenvalue weighted by Gasteiger charge is -2.17. The monoisotopic (exact) mass is 258 g/mol. The summed E-state index contributed by atoms with van der Waals surface area (Å²) in [7, 11) is 0. The number of carbonyl (C=O) groups is 1. The molecule has 0 aromatic heterocycles. The molecule has 1 heterocycles. The molecule has 1 aliphatic rings. The molecule has 0 radical (unpaired) electrons. The van der Waals surface area contributed by atoms with Crippen molar-refractivity contribution in [3.8, 4) is 0 Å². The number of rotatable bonds is 2. The van der Waals surface area contributed by atoms with E-state index >= 15 is 0 Å². The molecule has 1 saturated heterocycles. The van der Waals surface area contributed by atoms with E-state index in [9.17, 15) is 18.0 Å². The Morgan fingerprint density at radius 1 is 1.33 bits per heavy atom. The number of nitrogens with zero attached hydrogens (tertiary/aromatic N) is 1. The van der Waals surface area contributed by atoms with Crippen molar-refractivity contribution in [2.24, 2.45) is 11.7 Å². The van der Waals surface area contributed by atoms with Gasteiger partial charge >= 0.3 is 0 Å². The van der Waals surface area contributed by atoms with E-state index in [4.69, 9.17) is 5.73 Å². The van der Waals surface area contributed by atoms with Gasteiger partial charge in [-0.2, -0.15) is 0 Å². The van der Waals surface area contributed by atoms with Gasteiger partial charge in [-0.05, 0) is 18.9 Å². The second kappa shape index (κ2) is 4.97. The minimum atomic E-state index is -1.17. The first-order valence-electron chi connectivity index (χ1n) is 5.66. The second-order valence-electron chi connectivity index (χ2n) is 4.39. The molecule has 0 aliphatic carbocycles. The van der Waals surface area contributed by atoms with Crippen LogP contribution in [0.2, 0.25) is 0 Å². The fourth-order valence-electron chi connectivity index (χ4n) is 2.11. The predicted octanol–water partition coefficient (Wildman–Crippen LogP) is 1.52. The van der Waals surface area contributed by atoms with Crippen LogP contribution in [0.3, 0.4) is 0 Å². The molecular formula is C12H13F3N2O. The summed E-state index contributed by atoms with van der Waals surface area (Å²) >= 11 is 0. The lowest BCUT2D eigenvalue weighted by molar-refractivity contribution is 0.0778. The van der Waals surface area contributed by atoms with Gasteiger partial charge in [0.1, 0.15) is 23.0 Å². The maximum atomic E-state index is 13.4. The van der Waals surface area contributed by atoms with E-state index in [2.05, 4.69) is 0 Å². The smallest absolute Gasteiger partial charge is 0.259 e. The van der Waals surface area contributed by atoms with Crippen LogP contribution < -0.4 is 5.73 Å². The highest BCUT2D eigenvalue weighted by atomic mass is 19.1. The van der Waals surface area contributed by atoms with Crippen molar-refractivity contribution >= 4 is 5.91 Å². The summed E-state index contributed by atoms with van der Waals surface area (Å²) in [6, 6.07) is 1.01. The van der Waals surface area contributed by atoms with E-state index in [0.717, 1.165) is 0 Å². The molecule has 6 heteroatoms. The average molecular weight is 258 g/mol. The predicted molar refractivity (Wildman–Crippen MR) is 59.4 cm³/mol. The van der Waals surface area contributed by atoms with Gasteiger partial charge in [0, 0.05) is 25.2 Å². The van der Waals surface area contributed by atoms with Gasteiger partial charge in [0.05, 0.1) is 0 Å². The number of halogens is 3. The second-order valence-corrected chi connectivity index (χ2v) is 4.39. The lowest BCUT2D eigenvalue weighted by Crippen LogP contribution is -2.31. The molecule has 1 atom stereocenters. The summed E-state index contributed by atoms with van der Waals surface area (Å²) in [6.07, 6.45) is 0.715. The fourth-order valence-corrected chi connectivity index (χ4v) is 2.11. The van der Waals surface area contributed by atoms with Gasteiger partial charge in [-0.3, -0.25) is 4.79 Å². The lowest BCUT2D eigenvalue weighted by atomic mass is 10.1. The van der Waals surface area contributed by atoms with Crippen molar-refractivity contribution in [3.63, 3.8) is 0 Å². The van der Waals surface area contributed by atoms with Gasteiger partial charge in [0.25, 0.3) is 5.91 Å². The Hall–Kier alpha value is -1.56. The Kier molecular flexibility index (Phi) is 3.56. The van der Waals surface area contributed by atoms with Crippen LogP contribution in [0.5, 0.6) is 0 Å². The molecule has 0 spiro atoms. The summed E-state index contributed by atoms with van der Waals surface area (Å²) in [4.78, 5) is 13.3. The van der Waals surface area contributed by atoms with Gasteiger partial charge in [-0.15, -0.1) is 0 Å². The van der Waals surface area contributed by atoms with E-state index in [1.165, 1.54) is 4.90 Å². The largest absolute Gasteiger partial charge is 0.338 e. The fraction of sp³-hybridized carbons (Fsp3) is 0.417.